The maximum atomic E-state index is 11.8. The van der Waals surface area contributed by atoms with Gasteiger partial charge in [0.25, 0.3) is 0 Å². The molecule has 0 saturated carbocycles. The van der Waals surface area contributed by atoms with E-state index >= 15 is 0 Å². The topological polar surface area (TPSA) is 66.0 Å². The Bertz CT molecular complexity index is 609. The lowest BCUT2D eigenvalue weighted by atomic mass is 10.1. The van der Waals surface area contributed by atoms with E-state index in [1.165, 1.54) is 5.56 Å². The molecule has 6 nitrogen and oxygen atoms in total. The van der Waals surface area contributed by atoms with E-state index in [1.807, 2.05) is 36.9 Å². The number of nitrogens with zero attached hydrogens (tertiary/aromatic N) is 2. The summed E-state index contributed by atoms with van der Waals surface area (Å²) < 4.78 is 5.68. The minimum Gasteiger partial charge on any atom is -0.494 e. The van der Waals surface area contributed by atoms with Crippen LogP contribution in [0.15, 0.2) is 29.3 Å². The van der Waals surface area contributed by atoms with Crippen LogP contribution in [0.25, 0.3) is 0 Å². The van der Waals surface area contributed by atoms with Gasteiger partial charge in [-0.3, -0.25) is 9.79 Å². The Labute approximate surface area is 180 Å². The molecule has 1 unspecified atom stereocenters. The number of amides is 1. The standard InChI is InChI=1S/C20H32N4O2.HI/c1-4-19(25)24-14-12-17(15-24)23-20(21-5-2)22-13-11-16-9-7-8-10-18(16)26-6-3;/h7-10,17H,4-6,11-15H2,1-3H3,(H2,21,22,23);1H. The number of guanidine groups is 1. The Hall–Kier alpha value is -1.51. The molecule has 7 heteroatoms. The van der Waals surface area contributed by atoms with Gasteiger partial charge in [-0.05, 0) is 38.3 Å². The first-order chi connectivity index (χ1) is 12.7. The van der Waals surface area contributed by atoms with E-state index in [0.29, 0.717) is 19.6 Å². The number of halogens is 1. The fourth-order valence-electron chi connectivity index (χ4n) is 3.14. The Morgan fingerprint density at radius 2 is 2.07 bits per heavy atom. The molecule has 0 bridgehead atoms. The van der Waals surface area contributed by atoms with Gasteiger partial charge in [-0.15, -0.1) is 24.0 Å². The van der Waals surface area contributed by atoms with E-state index in [0.717, 1.165) is 44.2 Å². The lowest BCUT2D eigenvalue weighted by molar-refractivity contribution is -0.129. The van der Waals surface area contributed by atoms with Crippen LogP contribution in [-0.4, -0.2) is 55.6 Å². The second-order valence-corrected chi connectivity index (χ2v) is 6.37. The van der Waals surface area contributed by atoms with Crippen molar-refractivity contribution >= 4 is 35.8 Å². The first-order valence-corrected chi connectivity index (χ1v) is 9.71. The quantitative estimate of drug-likeness (QED) is 0.336. The van der Waals surface area contributed by atoms with Gasteiger partial charge < -0.3 is 20.3 Å². The molecule has 0 aromatic heterocycles. The molecule has 2 N–H and O–H groups in total. The van der Waals surface area contributed by atoms with Crippen LogP contribution in [0.5, 0.6) is 5.75 Å². The fraction of sp³-hybridized carbons (Fsp3) is 0.600. The monoisotopic (exact) mass is 488 g/mol. The largest absolute Gasteiger partial charge is 0.494 e. The van der Waals surface area contributed by atoms with Crippen LogP contribution >= 0.6 is 24.0 Å². The average Bonchev–Trinajstić information content (AvgIpc) is 3.11. The number of carbonyl (C=O) groups is 1. The molecule has 0 radical (unpaired) electrons. The van der Waals surface area contributed by atoms with Gasteiger partial charge in [0.1, 0.15) is 5.75 Å². The molecule has 1 atom stereocenters. The maximum Gasteiger partial charge on any atom is 0.222 e. The van der Waals surface area contributed by atoms with Gasteiger partial charge in [-0.1, -0.05) is 25.1 Å². The molecule has 2 rings (SSSR count). The summed E-state index contributed by atoms with van der Waals surface area (Å²) in [6, 6.07) is 8.38. The molecule has 152 valence electrons. The third-order valence-corrected chi connectivity index (χ3v) is 4.45. The van der Waals surface area contributed by atoms with Crippen molar-refractivity contribution in [3.05, 3.63) is 29.8 Å². The lowest BCUT2D eigenvalue weighted by Gasteiger charge is -2.18. The third kappa shape index (κ3) is 7.56. The summed E-state index contributed by atoms with van der Waals surface area (Å²) in [5, 5.41) is 6.76. The molecule has 0 aliphatic carbocycles. The zero-order chi connectivity index (χ0) is 18.8. The van der Waals surface area contributed by atoms with Crippen molar-refractivity contribution in [3.63, 3.8) is 0 Å². The molecule has 1 fully saturated rings. The molecule has 27 heavy (non-hydrogen) atoms. The van der Waals surface area contributed by atoms with E-state index < -0.39 is 0 Å². The molecule has 1 heterocycles. The number of hydrogen-bond acceptors (Lipinski definition) is 3. The summed E-state index contributed by atoms with van der Waals surface area (Å²) in [5.41, 5.74) is 1.18. The summed E-state index contributed by atoms with van der Waals surface area (Å²) in [4.78, 5) is 18.5. The van der Waals surface area contributed by atoms with E-state index in [9.17, 15) is 4.79 Å². The third-order valence-electron chi connectivity index (χ3n) is 4.45. The Kier molecular flexibility index (Phi) is 11.2. The normalized spacial score (nSPS) is 16.6. The van der Waals surface area contributed by atoms with Crippen molar-refractivity contribution in [2.24, 2.45) is 4.99 Å². The maximum absolute atomic E-state index is 11.8. The van der Waals surface area contributed by atoms with Crippen LogP contribution in [0.3, 0.4) is 0 Å². The fourth-order valence-corrected chi connectivity index (χ4v) is 3.14. The number of ether oxygens (including phenoxy) is 1. The molecule has 1 aromatic carbocycles. The second-order valence-electron chi connectivity index (χ2n) is 6.37. The highest BCUT2D eigenvalue weighted by molar-refractivity contribution is 14.0. The van der Waals surface area contributed by atoms with Crippen LogP contribution < -0.4 is 15.4 Å². The number of aliphatic imine (C=N–C) groups is 1. The molecule has 1 aliphatic heterocycles. The molecule has 1 aliphatic rings. The molecular weight excluding hydrogens is 455 g/mol. The van der Waals surface area contributed by atoms with Crippen molar-refractivity contribution < 1.29 is 9.53 Å². The van der Waals surface area contributed by atoms with E-state index in [-0.39, 0.29) is 35.9 Å². The summed E-state index contributed by atoms with van der Waals surface area (Å²) in [7, 11) is 0. The Balaban J connectivity index is 0.00000364. The van der Waals surface area contributed by atoms with Crippen LogP contribution in [0.4, 0.5) is 0 Å². The van der Waals surface area contributed by atoms with Crippen molar-refractivity contribution in [3.8, 4) is 5.75 Å². The predicted octanol–water partition coefficient (Wildman–Crippen LogP) is 2.81. The van der Waals surface area contributed by atoms with Crippen LogP contribution in [0, 0.1) is 0 Å². The van der Waals surface area contributed by atoms with E-state index in [1.54, 1.807) is 0 Å². The smallest absolute Gasteiger partial charge is 0.222 e. The van der Waals surface area contributed by atoms with E-state index in [2.05, 4.69) is 23.6 Å². The van der Waals surface area contributed by atoms with Gasteiger partial charge in [0.05, 0.1) is 6.61 Å². The van der Waals surface area contributed by atoms with Crippen LogP contribution in [0.2, 0.25) is 0 Å². The SMILES string of the molecule is CCNC(=NCCc1ccccc1OCC)NC1CCN(C(=O)CC)C1.I. The molecule has 0 spiro atoms. The number of hydrogen-bond donors (Lipinski definition) is 2. The molecule has 1 saturated heterocycles. The second kappa shape index (κ2) is 12.8. The summed E-state index contributed by atoms with van der Waals surface area (Å²) in [6.45, 7) is 9.71. The van der Waals surface area contributed by atoms with Crippen molar-refractivity contribution in [2.75, 3.05) is 32.8 Å². The van der Waals surface area contributed by atoms with Gasteiger partial charge in [0.15, 0.2) is 5.96 Å². The number of carbonyl (C=O) groups excluding carboxylic acids is 1. The average molecular weight is 488 g/mol. The number of rotatable bonds is 8. The highest BCUT2D eigenvalue weighted by Crippen LogP contribution is 2.18. The number of nitrogens with one attached hydrogen (secondary N) is 2. The van der Waals surface area contributed by atoms with Gasteiger partial charge in [-0.2, -0.15) is 0 Å². The highest BCUT2D eigenvalue weighted by atomic mass is 127. The number of para-hydroxylation sites is 1. The lowest BCUT2D eigenvalue weighted by Crippen LogP contribution is -2.45. The summed E-state index contributed by atoms with van der Waals surface area (Å²) in [6.07, 6.45) is 2.36. The van der Waals surface area contributed by atoms with Crippen molar-refractivity contribution in [1.82, 2.24) is 15.5 Å². The summed E-state index contributed by atoms with van der Waals surface area (Å²) in [5.74, 6) is 1.98. The van der Waals surface area contributed by atoms with Gasteiger partial charge in [0, 0.05) is 38.6 Å². The van der Waals surface area contributed by atoms with E-state index in [4.69, 9.17) is 9.73 Å². The van der Waals surface area contributed by atoms with Crippen molar-refractivity contribution in [1.29, 1.82) is 0 Å². The van der Waals surface area contributed by atoms with Gasteiger partial charge in [0.2, 0.25) is 5.91 Å². The first kappa shape index (κ1) is 23.5. The number of benzene rings is 1. The molecular formula is C20H33IN4O2. The Morgan fingerprint density at radius 1 is 1.30 bits per heavy atom. The first-order valence-electron chi connectivity index (χ1n) is 9.71. The minimum atomic E-state index is 0. The van der Waals surface area contributed by atoms with Crippen molar-refractivity contribution in [2.45, 2.75) is 46.1 Å². The minimum absolute atomic E-state index is 0. The predicted molar refractivity (Wildman–Crippen MR) is 121 cm³/mol. The van der Waals surface area contributed by atoms with Crippen LogP contribution in [0.1, 0.15) is 39.2 Å². The van der Waals surface area contributed by atoms with Gasteiger partial charge in [-0.25, -0.2) is 0 Å². The highest BCUT2D eigenvalue weighted by Gasteiger charge is 2.25. The van der Waals surface area contributed by atoms with Crippen LogP contribution in [-0.2, 0) is 11.2 Å². The Morgan fingerprint density at radius 3 is 2.78 bits per heavy atom. The van der Waals surface area contributed by atoms with Gasteiger partial charge >= 0.3 is 0 Å². The number of likely N-dealkylation sites (tertiary alicyclic amines) is 1. The summed E-state index contributed by atoms with van der Waals surface area (Å²) >= 11 is 0. The molecule has 1 amide bonds. The zero-order valence-electron chi connectivity index (χ0n) is 16.7. The zero-order valence-corrected chi connectivity index (χ0v) is 19.0. The molecule has 1 aromatic rings.